The number of hydrogen-bond acceptors (Lipinski definition) is 4. The first-order chi connectivity index (χ1) is 16.4. The average molecular weight is 482 g/mol. The Morgan fingerprint density at radius 2 is 1.65 bits per heavy atom. The molecule has 0 aliphatic carbocycles. The molecule has 3 aromatic carbocycles. The molecule has 1 N–H and O–H groups in total. The van der Waals surface area contributed by atoms with E-state index in [2.05, 4.69) is 5.32 Å². The molecule has 0 aromatic heterocycles. The zero-order chi connectivity index (χ0) is 24.2. The molecule has 0 saturated carbocycles. The van der Waals surface area contributed by atoms with Gasteiger partial charge in [0.25, 0.3) is 5.91 Å². The molecule has 0 bridgehead atoms. The second-order valence-corrected chi connectivity index (χ2v) is 8.12. The van der Waals surface area contributed by atoms with Crippen LogP contribution in [0.4, 0.5) is 20.6 Å². The van der Waals surface area contributed by atoms with Gasteiger partial charge in [-0.25, -0.2) is 14.1 Å². The summed E-state index contributed by atoms with van der Waals surface area (Å²) in [4.78, 5) is 41.8. The summed E-state index contributed by atoms with van der Waals surface area (Å²) >= 11 is 5.95. The Kier molecular flexibility index (Phi) is 6.79. The van der Waals surface area contributed by atoms with Gasteiger partial charge in [-0.2, -0.15) is 0 Å². The normalized spacial score (nSPS) is 15.6. The van der Waals surface area contributed by atoms with Crippen LogP contribution in [0, 0.1) is 5.82 Å². The zero-order valence-electron chi connectivity index (χ0n) is 18.2. The molecule has 1 aliphatic rings. The molecule has 1 saturated heterocycles. The molecule has 0 spiro atoms. The lowest BCUT2D eigenvalue weighted by Gasteiger charge is -2.22. The van der Waals surface area contributed by atoms with E-state index in [0.29, 0.717) is 22.1 Å². The minimum Gasteiger partial charge on any atom is -0.497 e. The highest BCUT2D eigenvalue weighted by Gasteiger charge is 2.46. The average Bonchev–Trinajstić information content (AvgIpc) is 3.05. The Morgan fingerprint density at radius 3 is 2.26 bits per heavy atom. The molecule has 174 valence electrons. The van der Waals surface area contributed by atoms with Crippen LogP contribution in [0.15, 0.2) is 72.8 Å². The topological polar surface area (TPSA) is 79.0 Å². The number of hydrogen-bond donors (Lipinski definition) is 1. The minimum atomic E-state index is -1.02. The maximum Gasteiger partial charge on any atom is 0.332 e. The van der Waals surface area contributed by atoms with Crippen molar-refractivity contribution in [1.82, 2.24) is 4.90 Å². The predicted molar refractivity (Wildman–Crippen MR) is 126 cm³/mol. The standard InChI is InChI=1S/C25H21ClFN3O4/c1-34-21-12-2-16(3-13-21)15-29-22(14-23(31)28-19-8-6-18(27)7-9-19)24(32)30(25(29)33)20-10-4-17(26)5-11-20/h2-13,22H,14-15H2,1H3,(H,28,31)/t22-/m1/s1. The fourth-order valence-corrected chi connectivity index (χ4v) is 3.82. The number of nitrogens with zero attached hydrogens (tertiary/aromatic N) is 2. The van der Waals surface area contributed by atoms with Gasteiger partial charge < -0.3 is 15.0 Å². The molecule has 1 heterocycles. The Hall–Kier alpha value is -3.91. The maximum atomic E-state index is 13.3. The largest absolute Gasteiger partial charge is 0.497 e. The Balaban J connectivity index is 1.59. The number of anilines is 2. The van der Waals surface area contributed by atoms with Crippen molar-refractivity contribution in [3.8, 4) is 5.75 Å². The van der Waals surface area contributed by atoms with Gasteiger partial charge in [-0.05, 0) is 66.2 Å². The van der Waals surface area contributed by atoms with Crippen LogP contribution in [0.25, 0.3) is 0 Å². The number of halogens is 2. The molecular weight excluding hydrogens is 461 g/mol. The Morgan fingerprint density at radius 1 is 1.00 bits per heavy atom. The third-order valence-electron chi connectivity index (χ3n) is 5.42. The first-order valence-corrected chi connectivity index (χ1v) is 10.8. The van der Waals surface area contributed by atoms with Crippen LogP contribution >= 0.6 is 11.6 Å². The summed E-state index contributed by atoms with van der Waals surface area (Å²) < 4.78 is 18.3. The van der Waals surface area contributed by atoms with Crippen molar-refractivity contribution < 1.29 is 23.5 Å². The first-order valence-electron chi connectivity index (χ1n) is 10.4. The molecule has 4 amide bonds. The van der Waals surface area contributed by atoms with E-state index in [9.17, 15) is 18.8 Å². The van der Waals surface area contributed by atoms with E-state index in [1.807, 2.05) is 0 Å². The molecule has 4 rings (SSSR count). The summed E-state index contributed by atoms with van der Waals surface area (Å²) in [6.45, 7) is 0.118. The zero-order valence-corrected chi connectivity index (χ0v) is 19.0. The van der Waals surface area contributed by atoms with Gasteiger partial charge >= 0.3 is 6.03 Å². The summed E-state index contributed by atoms with van der Waals surface area (Å²) in [5.41, 5.74) is 1.52. The Bertz CT molecular complexity index is 1200. The van der Waals surface area contributed by atoms with Crippen LogP contribution in [0.5, 0.6) is 5.75 Å². The molecule has 3 aromatic rings. The molecule has 0 radical (unpaired) electrons. The number of imide groups is 1. The van der Waals surface area contributed by atoms with Gasteiger partial charge in [-0.15, -0.1) is 0 Å². The number of benzene rings is 3. The van der Waals surface area contributed by atoms with Gasteiger partial charge in [0.1, 0.15) is 17.6 Å². The number of rotatable bonds is 7. The van der Waals surface area contributed by atoms with Gasteiger partial charge in [-0.3, -0.25) is 9.59 Å². The second-order valence-electron chi connectivity index (χ2n) is 7.68. The predicted octanol–water partition coefficient (Wildman–Crippen LogP) is 4.85. The lowest BCUT2D eigenvalue weighted by atomic mass is 10.1. The number of carbonyl (C=O) groups excluding carboxylic acids is 3. The smallest absolute Gasteiger partial charge is 0.332 e. The molecule has 1 aliphatic heterocycles. The third-order valence-corrected chi connectivity index (χ3v) is 5.67. The second kappa shape index (κ2) is 9.93. The van der Waals surface area contributed by atoms with Crippen LogP contribution in [-0.4, -0.2) is 35.9 Å². The number of amides is 4. The van der Waals surface area contributed by atoms with Crippen molar-refractivity contribution in [2.45, 2.75) is 19.0 Å². The summed E-state index contributed by atoms with van der Waals surface area (Å²) in [5.74, 6) is -0.769. The fraction of sp³-hybridized carbons (Fsp3) is 0.160. The van der Waals surface area contributed by atoms with E-state index in [-0.39, 0.29) is 13.0 Å². The van der Waals surface area contributed by atoms with Crippen molar-refractivity contribution in [2.24, 2.45) is 0 Å². The van der Waals surface area contributed by atoms with Crippen molar-refractivity contribution >= 4 is 40.8 Å². The lowest BCUT2D eigenvalue weighted by Crippen LogP contribution is -2.37. The summed E-state index contributed by atoms with van der Waals surface area (Å²) in [6, 6.07) is 17.1. The van der Waals surface area contributed by atoms with Crippen LogP contribution < -0.4 is 15.0 Å². The van der Waals surface area contributed by atoms with Crippen molar-refractivity contribution in [1.29, 1.82) is 0 Å². The molecule has 34 heavy (non-hydrogen) atoms. The first kappa shape index (κ1) is 23.3. The van der Waals surface area contributed by atoms with Crippen molar-refractivity contribution in [3.63, 3.8) is 0 Å². The number of urea groups is 1. The number of methoxy groups -OCH3 is 1. The molecule has 1 fully saturated rings. The minimum absolute atomic E-state index is 0.118. The van der Waals surface area contributed by atoms with Crippen molar-refractivity contribution in [2.75, 3.05) is 17.3 Å². The molecule has 9 heteroatoms. The molecule has 7 nitrogen and oxygen atoms in total. The van der Waals surface area contributed by atoms with Gasteiger partial charge in [0.15, 0.2) is 0 Å². The van der Waals surface area contributed by atoms with Crippen LogP contribution in [0.1, 0.15) is 12.0 Å². The highest BCUT2D eigenvalue weighted by Crippen LogP contribution is 2.30. The van der Waals surface area contributed by atoms with E-state index in [0.717, 1.165) is 10.5 Å². The fourth-order valence-electron chi connectivity index (χ4n) is 3.69. The van der Waals surface area contributed by atoms with Gasteiger partial charge in [0.05, 0.1) is 19.2 Å². The van der Waals surface area contributed by atoms with E-state index < -0.39 is 29.7 Å². The quantitative estimate of drug-likeness (QED) is 0.489. The molecular formula is C25H21ClFN3O4. The summed E-state index contributed by atoms with van der Waals surface area (Å²) in [7, 11) is 1.55. The van der Waals surface area contributed by atoms with E-state index in [1.54, 1.807) is 55.6 Å². The third kappa shape index (κ3) is 5.02. The van der Waals surface area contributed by atoms with Gasteiger partial charge in [-0.1, -0.05) is 23.7 Å². The number of carbonyl (C=O) groups is 3. The van der Waals surface area contributed by atoms with Crippen molar-refractivity contribution in [3.05, 3.63) is 89.2 Å². The summed E-state index contributed by atoms with van der Waals surface area (Å²) in [6.07, 6.45) is -0.262. The van der Waals surface area contributed by atoms with E-state index in [1.165, 1.54) is 29.2 Å². The lowest BCUT2D eigenvalue weighted by molar-refractivity contribution is -0.124. The van der Waals surface area contributed by atoms with Gasteiger partial charge in [0.2, 0.25) is 5.91 Å². The molecule has 0 unspecified atom stereocenters. The highest BCUT2D eigenvalue weighted by atomic mass is 35.5. The SMILES string of the molecule is COc1ccc(CN2C(=O)N(c3ccc(Cl)cc3)C(=O)[C@H]2CC(=O)Nc2ccc(F)cc2)cc1. The number of nitrogens with one attached hydrogen (secondary N) is 1. The van der Waals surface area contributed by atoms with Crippen LogP contribution in [-0.2, 0) is 16.1 Å². The monoisotopic (exact) mass is 481 g/mol. The van der Waals surface area contributed by atoms with E-state index in [4.69, 9.17) is 16.3 Å². The van der Waals surface area contributed by atoms with Crippen LogP contribution in [0.3, 0.4) is 0 Å². The molecule has 1 atom stereocenters. The maximum absolute atomic E-state index is 13.3. The Labute approximate surface area is 200 Å². The van der Waals surface area contributed by atoms with Gasteiger partial charge in [0, 0.05) is 17.3 Å². The van der Waals surface area contributed by atoms with E-state index >= 15 is 0 Å². The number of ether oxygens (including phenoxy) is 1. The highest BCUT2D eigenvalue weighted by molar-refractivity contribution is 6.30. The van der Waals surface area contributed by atoms with Crippen LogP contribution in [0.2, 0.25) is 5.02 Å². The summed E-state index contributed by atoms with van der Waals surface area (Å²) in [5, 5.41) is 3.11.